The number of hydrogen-bond acceptors (Lipinski definition) is 5. The van der Waals surface area contributed by atoms with Crippen LogP contribution in [0.1, 0.15) is 18.5 Å². The summed E-state index contributed by atoms with van der Waals surface area (Å²) in [5, 5.41) is 9.53. The number of piperazine rings is 1. The maximum Gasteiger partial charge on any atom is 0.231 e. The number of hydrogen-bond donors (Lipinski definition) is 0. The molecule has 3 rings (SSSR count). The number of benzene rings is 1. The van der Waals surface area contributed by atoms with E-state index in [2.05, 4.69) is 22.8 Å². The molecule has 1 fully saturated rings. The van der Waals surface area contributed by atoms with E-state index in [1.54, 1.807) is 0 Å². The van der Waals surface area contributed by atoms with Crippen molar-refractivity contribution in [3.05, 3.63) is 23.8 Å². The largest absolute Gasteiger partial charge is 0.454 e. The van der Waals surface area contributed by atoms with E-state index in [1.165, 1.54) is 0 Å². The van der Waals surface area contributed by atoms with Gasteiger partial charge in [0.2, 0.25) is 6.79 Å². The number of nitrogens with zero attached hydrogens (tertiary/aromatic N) is 3. The van der Waals surface area contributed by atoms with E-state index in [0.717, 1.165) is 49.8 Å². The van der Waals surface area contributed by atoms with Gasteiger partial charge in [-0.3, -0.25) is 4.90 Å². The summed E-state index contributed by atoms with van der Waals surface area (Å²) in [7, 11) is 0. The minimum absolute atomic E-state index is 0.205. The molecular weight excluding hydrogens is 254 g/mol. The quantitative estimate of drug-likeness (QED) is 0.837. The highest BCUT2D eigenvalue weighted by atomic mass is 16.7. The summed E-state index contributed by atoms with van der Waals surface area (Å²) in [5.41, 5.74) is 0.988. The third kappa shape index (κ3) is 2.45. The summed E-state index contributed by atoms with van der Waals surface area (Å²) < 4.78 is 10.7. The molecule has 0 amide bonds. The van der Waals surface area contributed by atoms with E-state index in [9.17, 15) is 5.26 Å². The van der Waals surface area contributed by atoms with Gasteiger partial charge in [-0.25, -0.2) is 0 Å². The summed E-state index contributed by atoms with van der Waals surface area (Å²) in [6, 6.07) is 8.01. The molecule has 0 N–H and O–H groups in total. The number of nitriles is 1. The first kappa shape index (κ1) is 13.2. The zero-order valence-electron chi connectivity index (χ0n) is 11.7. The molecule has 0 aromatic heterocycles. The first-order valence-corrected chi connectivity index (χ1v) is 7.07. The lowest BCUT2D eigenvalue weighted by Gasteiger charge is -2.36. The molecule has 1 unspecified atom stereocenters. The molecule has 2 aliphatic rings. The van der Waals surface area contributed by atoms with Gasteiger partial charge in [-0.2, -0.15) is 5.26 Å². The summed E-state index contributed by atoms with van der Waals surface area (Å²) in [6.07, 6.45) is 0. The fraction of sp³-hybridized carbons (Fsp3) is 0.533. The standard InChI is InChI=1S/C15H19N3O2/c1-2-17-5-7-18(8-6-17)13(10-16)12-3-4-14-15(9-12)20-11-19-14/h3-4,9,13H,2,5-8,11H2,1H3. The molecule has 1 atom stereocenters. The molecule has 20 heavy (non-hydrogen) atoms. The van der Waals surface area contributed by atoms with Gasteiger partial charge in [0.05, 0.1) is 6.07 Å². The number of likely N-dealkylation sites (N-methyl/N-ethyl adjacent to an activating group) is 1. The Hall–Kier alpha value is -1.77. The van der Waals surface area contributed by atoms with E-state index in [4.69, 9.17) is 9.47 Å². The van der Waals surface area contributed by atoms with Crippen LogP contribution in [0.5, 0.6) is 11.5 Å². The van der Waals surface area contributed by atoms with Crippen LogP contribution < -0.4 is 9.47 Å². The molecule has 106 valence electrons. The third-order valence-electron chi connectivity index (χ3n) is 4.05. The van der Waals surface area contributed by atoms with Crippen molar-refractivity contribution in [3.8, 4) is 17.6 Å². The second-order valence-electron chi connectivity index (χ2n) is 5.11. The fourth-order valence-electron chi connectivity index (χ4n) is 2.79. The molecule has 1 aromatic rings. The van der Waals surface area contributed by atoms with Crippen molar-refractivity contribution in [1.82, 2.24) is 9.80 Å². The molecule has 1 aromatic carbocycles. The molecule has 0 spiro atoms. The van der Waals surface area contributed by atoms with Crippen molar-refractivity contribution < 1.29 is 9.47 Å². The van der Waals surface area contributed by atoms with Gasteiger partial charge in [-0.15, -0.1) is 0 Å². The van der Waals surface area contributed by atoms with Crippen molar-refractivity contribution >= 4 is 0 Å². The van der Waals surface area contributed by atoms with Gasteiger partial charge in [0.1, 0.15) is 6.04 Å². The Morgan fingerprint density at radius 1 is 1.20 bits per heavy atom. The van der Waals surface area contributed by atoms with Crippen molar-refractivity contribution in [2.75, 3.05) is 39.5 Å². The Labute approximate surface area is 119 Å². The lowest BCUT2D eigenvalue weighted by Crippen LogP contribution is -2.47. The third-order valence-corrected chi connectivity index (χ3v) is 4.05. The zero-order chi connectivity index (χ0) is 13.9. The highest BCUT2D eigenvalue weighted by molar-refractivity contribution is 5.46. The minimum Gasteiger partial charge on any atom is -0.454 e. The first-order valence-electron chi connectivity index (χ1n) is 7.07. The van der Waals surface area contributed by atoms with E-state index >= 15 is 0 Å². The predicted octanol–water partition coefficient (Wildman–Crippen LogP) is 1.62. The van der Waals surface area contributed by atoms with E-state index in [0.29, 0.717) is 0 Å². The normalized spacial score (nSPS) is 20.6. The average Bonchev–Trinajstić information content (AvgIpc) is 2.96. The molecule has 0 saturated carbocycles. The van der Waals surface area contributed by atoms with Crippen molar-refractivity contribution in [2.45, 2.75) is 13.0 Å². The average molecular weight is 273 g/mol. The monoisotopic (exact) mass is 273 g/mol. The fourth-order valence-corrected chi connectivity index (χ4v) is 2.79. The topological polar surface area (TPSA) is 48.7 Å². The molecule has 1 saturated heterocycles. The van der Waals surface area contributed by atoms with Gasteiger partial charge in [-0.1, -0.05) is 13.0 Å². The van der Waals surface area contributed by atoms with E-state index in [1.807, 2.05) is 18.2 Å². The van der Waals surface area contributed by atoms with Gasteiger partial charge in [0, 0.05) is 26.2 Å². The Morgan fingerprint density at radius 3 is 2.65 bits per heavy atom. The van der Waals surface area contributed by atoms with Crippen molar-refractivity contribution in [2.24, 2.45) is 0 Å². The van der Waals surface area contributed by atoms with Crippen LogP contribution in [0.25, 0.3) is 0 Å². The van der Waals surface area contributed by atoms with Crippen LogP contribution in [0.2, 0.25) is 0 Å². The maximum absolute atomic E-state index is 9.53. The van der Waals surface area contributed by atoms with Gasteiger partial charge in [0.25, 0.3) is 0 Å². The molecule has 0 radical (unpaired) electrons. The molecule has 0 aliphatic carbocycles. The van der Waals surface area contributed by atoms with Crippen LogP contribution in [0.15, 0.2) is 18.2 Å². The lowest BCUT2D eigenvalue weighted by molar-refractivity contribution is 0.118. The Morgan fingerprint density at radius 2 is 1.95 bits per heavy atom. The van der Waals surface area contributed by atoms with E-state index in [-0.39, 0.29) is 12.8 Å². The van der Waals surface area contributed by atoms with Crippen LogP contribution in [-0.2, 0) is 0 Å². The van der Waals surface area contributed by atoms with Crippen LogP contribution in [0.3, 0.4) is 0 Å². The number of ether oxygens (including phenoxy) is 2. The molecule has 5 nitrogen and oxygen atoms in total. The van der Waals surface area contributed by atoms with Crippen LogP contribution in [0, 0.1) is 11.3 Å². The van der Waals surface area contributed by atoms with Gasteiger partial charge >= 0.3 is 0 Å². The molecule has 0 bridgehead atoms. The Kier molecular flexibility index (Phi) is 3.77. The van der Waals surface area contributed by atoms with Crippen LogP contribution >= 0.6 is 0 Å². The Bertz CT molecular complexity index is 518. The summed E-state index contributed by atoms with van der Waals surface area (Å²) >= 11 is 0. The zero-order valence-corrected chi connectivity index (χ0v) is 11.7. The SMILES string of the molecule is CCN1CCN(C(C#N)c2ccc3c(c2)OCO3)CC1. The molecule has 5 heteroatoms. The minimum atomic E-state index is -0.205. The van der Waals surface area contributed by atoms with Crippen LogP contribution in [0.4, 0.5) is 0 Å². The molecule has 2 heterocycles. The van der Waals surface area contributed by atoms with Crippen molar-refractivity contribution in [1.29, 1.82) is 5.26 Å². The Balaban J connectivity index is 1.75. The van der Waals surface area contributed by atoms with E-state index < -0.39 is 0 Å². The van der Waals surface area contributed by atoms with Crippen LogP contribution in [-0.4, -0.2) is 49.3 Å². The molecule has 2 aliphatic heterocycles. The lowest BCUT2D eigenvalue weighted by atomic mass is 10.0. The summed E-state index contributed by atoms with van der Waals surface area (Å²) in [5.74, 6) is 1.51. The number of rotatable bonds is 3. The summed E-state index contributed by atoms with van der Waals surface area (Å²) in [4.78, 5) is 4.65. The van der Waals surface area contributed by atoms with Gasteiger partial charge in [0.15, 0.2) is 11.5 Å². The second kappa shape index (κ2) is 5.70. The van der Waals surface area contributed by atoms with Gasteiger partial charge in [-0.05, 0) is 24.2 Å². The van der Waals surface area contributed by atoms with Gasteiger partial charge < -0.3 is 14.4 Å². The first-order chi connectivity index (χ1) is 9.81. The number of fused-ring (bicyclic) bond motifs is 1. The maximum atomic E-state index is 9.53. The molecular formula is C15H19N3O2. The van der Waals surface area contributed by atoms with Crippen molar-refractivity contribution in [3.63, 3.8) is 0 Å². The smallest absolute Gasteiger partial charge is 0.231 e. The summed E-state index contributed by atoms with van der Waals surface area (Å²) in [6.45, 7) is 7.44. The highest BCUT2D eigenvalue weighted by Gasteiger charge is 2.26. The second-order valence-corrected chi connectivity index (χ2v) is 5.11. The predicted molar refractivity (Wildman–Crippen MR) is 74.6 cm³/mol. The highest BCUT2D eigenvalue weighted by Crippen LogP contribution is 2.35.